The van der Waals surface area contributed by atoms with Crippen LogP contribution in [0.4, 0.5) is 0 Å². The molecular weight excluding hydrogens is 268 g/mol. The number of carbonyl (C=O) groups is 2. The van der Waals surface area contributed by atoms with E-state index in [1.165, 1.54) is 4.90 Å². The molecule has 0 atom stereocenters. The zero-order chi connectivity index (χ0) is 16.0. The van der Waals surface area contributed by atoms with Gasteiger partial charge in [0.25, 0.3) is 0 Å². The molecule has 0 saturated carbocycles. The van der Waals surface area contributed by atoms with Gasteiger partial charge >= 0.3 is 0 Å². The number of amides is 2. The maximum absolute atomic E-state index is 12.2. The van der Waals surface area contributed by atoms with Gasteiger partial charge in [-0.05, 0) is 45.4 Å². The Morgan fingerprint density at radius 1 is 1.19 bits per heavy atom. The van der Waals surface area contributed by atoms with Gasteiger partial charge in [-0.2, -0.15) is 0 Å². The zero-order valence-corrected chi connectivity index (χ0v) is 13.1. The molecule has 2 amide bonds. The Bertz CT molecular complexity index is 489. The minimum Gasteiger partial charge on any atom is -0.508 e. The molecule has 1 rings (SSSR count). The lowest BCUT2D eigenvalue weighted by Gasteiger charge is -2.25. The van der Waals surface area contributed by atoms with Gasteiger partial charge in [-0.1, -0.05) is 12.1 Å². The van der Waals surface area contributed by atoms with Gasteiger partial charge in [0.2, 0.25) is 11.8 Å². The number of carbonyl (C=O) groups excluding carboxylic acids is 2. The van der Waals surface area contributed by atoms with E-state index in [0.29, 0.717) is 6.54 Å². The SMILES string of the molecule is CCN(CC(=O)NC(C)(C)C)C(=O)Cc1ccc(O)cc1. The second-order valence-electron chi connectivity index (χ2n) is 6.05. The van der Waals surface area contributed by atoms with Gasteiger partial charge in [0.1, 0.15) is 5.75 Å². The summed E-state index contributed by atoms with van der Waals surface area (Å²) in [5, 5.41) is 12.1. The van der Waals surface area contributed by atoms with E-state index in [1.807, 2.05) is 27.7 Å². The van der Waals surface area contributed by atoms with Crippen LogP contribution in [0.15, 0.2) is 24.3 Å². The highest BCUT2D eigenvalue weighted by atomic mass is 16.3. The van der Waals surface area contributed by atoms with E-state index >= 15 is 0 Å². The minimum absolute atomic E-state index is 0.0602. The number of phenolic OH excluding ortho intramolecular Hbond substituents is 1. The van der Waals surface area contributed by atoms with Crippen molar-refractivity contribution in [1.29, 1.82) is 0 Å². The number of nitrogens with one attached hydrogen (secondary N) is 1. The van der Waals surface area contributed by atoms with Crippen molar-refractivity contribution >= 4 is 11.8 Å². The predicted octanol–water partition coefficient (Wildman–Crippen LogP) is 1.70. The molecule has 0 unspecified atom stereocenters. The van der Waals surface area contributed by atoms with Crippen molar-refractivity contribution in [3.8, 4) is 5.75 Å². The molecule has 1 aromatic carbocycles. The van der Waals surface area contributed by atoms with Crippen molar-refractivity contribution in [2.24, 2.45) is 0 Å². The lowest BCUT2D eigenvalue weighted by molar-refractivity contribution is -0.135. The fourth-order valence-electron chi connectivity index (χ4n) is 1.91. The monoisotopic (exact) mass is 292 g/mol. The third kappa shape index (κ3) is 6.29. The van der Waals surface area contributed by atoms with Gasteiger partial charge < -0.3 is 15.3 Å². The van der Waals surface area contributed by atoms with E-state index < -0.39 is 0 Å². The minimum atomic E-state index is -0.309. The van der Waals surface area contributed by atoms with E-state index in [9.17, 15) is 14.7 Å². The van der Waals surface area contributed by atoms with Gasteiger partial charge in [0.15, 0.2) is 0 Å². The Kier molecular flexibility index (Phi) is 5.76. The molecule has 1 aromatic rings. The second-order valence-corrected chi connectivity index (χ2v) is 6.05. The highest BCUT2D eigenvalue weighted by Crippen LogP contribution is 2.11. The highest BCUT2D eigenvalue weighted by molar-refractivity contribution is 5.86. The number of nitrogens with zero attached hydrogens (tertiary/aromatic N) is 1. The van der Waals surface area contributed by atoms with Gasteiger partial charge in [-0.15, -0.1) is 0 Å². The van der Waals surface area contributed by atoms with Crippen LogP contribution in [0, 0.1) is 0 Å². The van der Waals surface area contributed by atoms with Crippen LogP contribution in [-0.2, 0) is 16.0 Å². The summed E-state index contributed by atoms with van der Waals surface area (Å²) >= 11 is 0. The molecule has 0 heterocycles. The number of hydrogen-bond donors (Lipinski definition) is 2. The van der Waals surface area contributed by atoms with Crippen molar-refractivity contribution in [3.63, 3.8) is 0 Å². The fraction of sp³-hybridized carbons (Fsp3) is 0.500. The molecule has 0 radical (unpaired) electrons. The lowest BCUT2D eigenvalue weighted by atomic mass is 10.1. The standard InChI is InChI=1S/C16H24N2O3/c1-5-18(11-14(20)17-16(2,3)4)15(21)10-12-6-8-13(19)9-7-12/h6-9,19H,5,10-11H2,1-4H3,(H,17,20). The summed E-state index contributed by atoms with van der Waals surface area (Å²) in [6.07, 6.45) is 0.219. The summed E-state index contributed by atoms with van der Waals surface area (Å²) in [7, 11) is 0. The van der Waals surface area contributed by atoms with E-state index in [2.05, 4.69) is 5.32 Å². The molecule has 0 bridgehead atoms. The summed E-state index contributed by atoms with van der Waals surface area (Å²) in [6, 6.07) is 6.50. The molecular formula is C16H24N2O3. The summed E-state index contributed by atoms with van der Waals surface area (Å²) in [5.74, 6) is -0.0984. The topological polar surface area (TPSA) is 69.6 Å². The molecule has 116 valence electrons. The van der Waals surface area contributed by atoms with E-state index in [-0.39, 0.29) is 36.1 Å². The summed E-state index contributed by atoms with van der Waals surface area (Å²) < 4.78 is 0. The van der Waals surface area contributed by atoms with Crippen LogP contribution >= 0.6 is 0 Å². The first-order valence-electron chi connectivity index (χ1n) is 7.08. The molecule has 0 aliphatic carbocycles. The molecule has 0 aromatic heterocycles. The second kappa shape index (κ2) is 7.11. The van der Waals surface area contributed by atoms with Crippen LogP contribution in [-0.4, -0.2) is 40.4 Å². The number of benzene rings is 1. The molecule has 21 heavy (non-hydrogen) atoms. The highest BCUT2D eigenvalue weighted by Gasteiger charge is 2.19. The summed E-state index contributed by atoms with van der Waals surface area (Å²) in [5.41, 5.74) is 0.503. The smallest absolute Gasteiger partial charge is 0.240 e. The van der Waals surface area contributed by atoms with Crippen molar-refractivity contribution < 1.29 is 14.7 Å². The molecule has 0 spiro atoms. The largest absolute Gasteiger partial charge is 0.508 e. The normalized spacial score (nSPS) is 11.0. The molecule has 0 aliphatic heterocycles. The maximum Gasteiger partial charge on any atom is 0.240 e. The molecule has 0 fully saturated rings. The zero-order valence-electron chi connectivity index (χ0n) is 13.1. The van der Waals surface area contributed by atoms with Gasteiger partial charge in [0, 0.05) is 12.1 Å². The summed E-state index contributed by atoms with van der Waals surface area (Å²) in [4.78, 5) is 25.6. The first-order valence-corrected chi connectivity index (χ1v) is 7.08. The Balaban J connectivity index is 2.61. The number of likely N-dealkylation sites (N-methyl/N-ethyl adjacent to an activating group) is 1. The number of aromatic hydroxyl groups is 1. The maximum atomic E-state index is 12.2. The number of hydrogen-bond acceptors (Lipinski definition) is 3. The van der Waals surface area contributed by atoms with Crippen LogP contribution in [0.5, 0.6) is 5.75 Å². The van der Waals surface area contributed by atoms with Crippen LogP contribution in [0.1, 0.15) is 33.3 Å². The van der Waals surface area contributed by atoms with Crippen LogP contribution in [0.25, 0.3) is 0 Å². The number of rotatable bonds is 5. The third-order valence-electron chi connectivity index (χ3n) is 2.88. The van der Waals surface area contributed by atoms with Crippen LogP contribution < -0.4 is 5.32 Å². The fourth-order valence-corrected chi connectivity index (χ4v) is 1.91. The van der Waals surface area contributed by atoms with E-state index in [0.717, 1.165) is 5.56 Å². The average Bonchev–Trinajstić information content (AvgIpc) is 2.36. The lowest BCUT2D eigenvalue weighted by Crippen LogP contribution is -2.47. The molecule has 5 nitrogen and oxygen atoms in total. The van der Waals surface area contributed by atoms with E-state index in [4.69, 9.17) is 0 Å². The van der Waals surface area contributed by atoms with Gasteiger partial charge in [-0.3, -0.25) is 9.59 Å². The van der Waals surface area contributed by atoms with Gasteiger partial charge in [0.05, 0.1) is 13.0 Å². The van der Waals surface area contributed by atoms with Crippen molar-refractivity contribution in [2.75, 3.05) is 13.1 Å². The number of phenols is 1. The van der Waals surface area contributed by atoms with Gasteiger partial charge in [-0.25, -0.2) is 0 Å². The Morgan fingerprint density at radius 3 is 2.24 bits per heavy atom. The predicted molar refractivity (Wildman–Crippen MR) is 82.0 cm³/mol. The molecule has 0 saturated heterocycles. The molecule has 5 heteroatoms. The van der Waals surface area contributed by atoms with E-state index in [1.54, 1.807) is 24.3 Å². The van der Waals surface area contributed by atoms with Crippen LogP contribution in [0.2, 0.25) is 0 Å². The Hall–Kier alpha value is -2.04. The van der Waals surface area contributed by atoms with Crippen molar-refractivity contribution in [3.05, 3.63) is 29.8 Å². The average molecular weight is 292 g/mol. The third-order valence-corrected chi connectivity index (χ3v) is 2.88. The first-order chi connectivity index (χ1) is 9.71. The van der Waals surface area contributed by atoms with Crippen molar-refractivity contribution in [2.45, 2.75) is 39.7 Å². The summed E-state index contributed by atoms with van der Waals surface area (Å²) in [6.45, 7) is 8.09. The molecule has 0 aliphatic rings. The Morgan fingerprint density at radius 2 is 1.76 bits per heavy atom. The quantitative estimate of drug-likeness (QED) is 0.868. The Labute approximate surface area is 126 Å². The first kappa shape index (κ1) is 17.0. The van der Waals surface area contributed by atoms with Crippen molar-refractivity contribution in [1.82, 2.24) is 10.2 Å². The van der Waals surface area contributed by atoms with Crippen LogP contribution in [0.3, 0.4) is 0 Å². The molecule has 2 N–H and O–H groups in total.